The third kappa shape index (κ3) is 5.46. The van der Waals surface area contributed by atoms with Crippen molar-refractivity contribution < 1.29 is 17.9 Å². The van der Waals surface area contributed by atoms with E-state index in [1.807, 2.05) is 79.9 Å². The van der Waals surface area contributed by atoms with Gasteiger partial charge in [0.1, 0.15) is 5.60 Å². The van der Waals surface area contributed by atoms with E-state index in [0.717, 1.165) is 28.5 Å². The third-order valence-corrected chi connectivity index (χ3v) is 7.05. The van der Waals surface area contributed by atoms with Crippen LogP contribution >= 0.6 is 0 Å². The standard InChI is InChI=1S/C26H29N3O4S/c1-20(21-10-12-22(13-11-21)23-7-6-16-27-19-23)29-18-15-26(33-25(29)30,14-17-28-34(2,31)32)24-8-4-3-5-9-24/h3-13,16,19-20,28H,14-15,17-18H2,1-2H3/t20-,26+/m0/s1. The first-order chi connectivity index (χ1) is 16.3. The number of nitrogens with zero attached hydrogens (tertiary/aromatic N) is 2. The fourth-order valence-corrected chi connectivity index (χ4v) is 4.87. The number of benzene rings is 2. The molecule has 2 atom stereocenters. The van der Waals surface area contributed by atoms with Crippen molar-refractivity contribution in [2.24, 2.45) is 0 Å². The van der Waals surface area contributed by atoms with Gasteiger partial charge in [-0.3, -0.25) is 4.98 Å². The van der Waals surface area contributed by atoms with Crippen LogP contribution in [0.5, 0.6) is 0 Å². The van der Waals surface area contributed by atoms with Gasteiger partial charge in [0.25, 0.3) is 0 Å². The maximum absolute atomic E-state index is 13.2. The molecule has 1 N–H and O–H groups in total. The van der Waals surface area contributed by atoms with Gasteiger partial charge in [0, 0.05) is 38.3 Å². The van der Waals surface area contributed by atoms with E-state index in [1.165, 1.54) is 0 Å². The van der Waals surface area contributed by atoms with Crippen molar-refractivity contribution in [3.05, 3.63) is 90.3 Å². The van der Waals surface area contributed by atoms with Crippen molar-refractivity contribution in [1.29, 1.82) is 0 Å². The van der Waals surface area contributed by atoms with Crippen LogP contribution in [-0.4, -0.2) is 43.7 Å². The molecule has 2 aromatic carbocycles. The van der Waals surface area contributed by atoms with E-state index in [9.17, 15) is 13.2 Å². The molecule has 4 rings (SSSR count). The molecule has 0 bridgehead atoms. The minimum atomic E-state index is -3.34. The highest BCUT2D eigenvalue weighted by Gasteiger charge is 2.43. The lowest BCUT2D eigenvalue weighted by atomic mass is 9.85. The highest BCUT2D eigenvalue weighted by Crippen LogP contribution is 2.39. The zero-order chi connectivity index (χ0) is 24.2. The van der Waals surface area contributed by atoms with E-state index >= 15 is 0 Å². The fraction of sp³-hybridized carbons (Fsp3) is 0.308. The zero-order valence-corrected chi connectivity index (χ0v) is 20.2. The van der Waals surface area contributed by atoms with E-state index in [2.05, 4.69) is 9.71 Å². The monoisotopic (exact) mass is 479 g/mol. The highest BCUT2D eigenvalue weighted by molar-refractivity contribution is 7.88. The molecule has 178 valence electrons. The molecule has 7 nitrogen and oxygen atoms in total. The maximum Gasteiger partial charge on any atom is 0.411 e. The third-order valence-electron chi connectivity index (χ3n) is 6.32. The number of rotatable bonds is 8. The van der Waals surface area contributed by atoms with Crippen molar-refractivity contribution in [3.63, 3.8) is 0 Å². The first-order valence-corrected chi connectivity index (χ1v) is 13.2. The van der Waals surface area contributed by atoms with E-state index in [1.54, 1.807) is 11.1 Å². The summed E-state index contributed by atoms with van der Waals surface area (Å²) >= 11 is 0. The van der Waals surface area contributed by atoms with Crippen molar-refractivity contribution in [2.45, 2.75) is 31.4 Å². The largest absolute Gasteiger partial charge is 0.438 e. The van der Waals surface area contributed by atoms with Crippen LogP contribution in [0.1, 0.15) is 36.9 Å². The van der Waals surface area contributed by atoms with Gasteiger partial charge in [-0.25, -0.2) is 17.9 Å². The number of hydrogen-bond acceptors (Lipinski definition) is 5. The predicted octanol–water partition coefficient (Wildman–Crippen LogP) is 4.49. The van der Waals surface area contributed by atoms with Crippen LogP contribution in [-0.2, 0) is 20.4 Å². The number of hydrogen-bond donors (Lipinski definition) is 1. The molecule has 1 fully saturated rings. The van der Waals surface area contributed by atoms with Crippen molar-refractivity contribution in [1.82, 2.24) is 14.6 Å². The quantitative estimate of drug-likeness (QED) is 0.514. The zero-order valence-electron chi connectivity index (χ0n) is 19.3. The van der Waals surface area contributed by atoms with Gasteiger partial charge >= 0.3 is 6.09 Å². The number of amides is 1. The van der Waals surface area contributed by atoms with E-state index < -0.39 is 21.7 Å². The second-order valence-corrected chi connectivity index (χ2v) is 10.5. The molecule has 1 amide bonds. The molecular formula is C26H29N3O4S. The number of pyridine rings is 1. The number of carbonyl (C=O) groups excluding carboxylic acids is 1. The molecule has 2 heterocycles. The second kappa shape index (κ2) is 9.95. The first-order valence-electron chi connectivity index (χ1n) is 11.3. The van der Waals surface area contributed by atoms with Gasteiger partial charge in [-0.05, 0) is 35.2 Å². The number of nitrogens with one attached hydrogen (secondary N) is 1. The SMILES string of the molecule is C[C@@H](c1ccc(-c2cccnc2)cc1)N1CC[C@](CCNS(C)(=O)=O)(c2ccccc2)OC1=O. The summed E-state index contributed by atoms with van der Waals surface area (Å²) in [4.78, 5) is 19.1. The molecule has 3 aromatic rings. The van der Waals surface area contributed by atoms with Crippen LogP contribution in [0.25, 0.3) is 11.1 Å². The number of carbonyl (C=O) groups is 1. The average molecular weight is 480 g/mol. The molecule has 1 aliphatic rings. The van der Waals surface area contributed by atoms with Crippen LogP contribution in [0.4, 0.5) is 4.79 Å². The second-order valence-electron chi connectivity index (χ2n) is 8.63. The Morgan fingerprint density at radius 3 is 2.41 bits per heavy atom. The van der Waals surface area contributed by atoms with Gasteiger partial charge in [0.2, 0.25) is 10.0 Å². The van der Waals surface area contributed by atoms with Gasteiger partial charge in [0.15, 0.2) is 0 Å². The van der Waals surface area contributed by atoms with Gasteiger partial charge in [0.05, 0.1) is 12.3 Å². The maximum atomic E-state index is 13.2. The Balaban J connectivity index is 1.50. The summed E-state index contributed by atoms with van der Waals surface area (Å²) in [5, 5.41) is 0. The molecule has 0 unspecified atom stereocenters. The number of cyclic esters (lactones) is 1. The Morgan fingerprint density at radius 1 is 1.06 bits per heavy atom. The van der Waals surface area contributed by atoms with E-state index in [4.69, 9.17) is 4.74 Å². The first kappa shape index (κ1) is 23.9. The van der Waals surface area contributed by atoms with Gasteiger partial charge in [-0.1, -0.05) is 60.7 Å². The summed E-state index contributed by atoms with van der Waals surface area (Å²) < 4.78 is 31.7. The topological polar surface area (TPSA) is 88.6 Å². The van der Waals surface area contributed by atoms with Crippen molar-refractivity contribution >= 4 is 16.1 Å². The van der Waals surface area contributed by atoms with Crippen LogP contribution < -0.4 is 4.72 Å². The summed E-state index contributed by atoms with van der Waals surface area (Å²) in [6, 6.07) is 21.4. The minimum Gasteiger partial charge on any atom is -0.438 e. The summed E-state index contributed by atoms with van der Waals surface area (Å²) in [7, 11) is -3.34. The summed E-state index contributed by atoms with van der Waals surface area (Å²) in [5.41, 5.74) is 3.10. The Bertz CT molecular complexity index is 1220. The Kier molecular flexibility index (Phi) is 7.00. The summed E-state index contributed by atoms with van der Waals surface area (Å²) in [6.07, 6.45) is 5.21. The van der Waals surface area contributed by atoms with Crippen molar-refractivity contribution in [3.8, 4) is 11.1 Å². The number of ether oxygens (including phenoxy) is 1. The number of aromatic nitrogens is 1. The molecular weight excluding hydrogens is 450 g/mol. The molecule has 0 radical (unpaired) electrons. The molecule has 1 saturated heterocycles. The summed E-state index contributed by atoms with van der Waals surface area (Å²) in [5.74, 6) is 0. The normalized spacial score (nSPS) is 19.5. The molecule has 0 spiro atoms. The van der Waals surface area contributed by atoms with Gasteiger partial charge in [-0.2, -0.15) is 0 Å². The molecule has 34 heavy (non-hydrogen) atoms. The lowest BCUT2D eigenvalue weighted by Crippen LogP contribution is -2.49. The van der Waals surface area contributed by atoms with Gasteiger partial charge in [-0.15, -0.1) is 0 Å². The van der Waals surface area contributed by atoms with Gasteiger partial charge < -0.3 is 9.64 Å². The molecule has 0 saturated carbocycles. The molecule has 1 aromatic heterocycles. The van der Waals surface area contributed by atoms with Crippen LogP contribution in [0.3, 0.4) is 0 Å². The number of sulfonamides is 1. The summed E-state index contributed by atoms with van der Waals surface area (Å²) in [6.45, 7) is 2.67. The lowest BCUT2D eigenvalue weighted by Gasteiger charge is -2.43. The van der Waals surface area contributed by atoms with Crippen LogP contribution in [0.15, 0.2) is 79.1 Å². The Hall–Kier alpha value is -3.23. The smallest absolute Gasteiger partial charge is 0.411 e. The average Bonchev–Trinajstić information content (AvgIpc) is 2.84. The van der Waals surface area contributed by atoms with Crippen LogP contribution in [0.2, 0.25) is 0 Å². The van der Waals surface area contributed by atoms with Crippen molar-refractivity contribution in [2.75, 3.05) is 19.3 Å². The van der Waals surface area contributed by atoms with Crippen LogP contribution in [0, 0.1) is 0 Å². The Labute approximate surface area is 200 Å². The van der Waals surface area contributed by atoms with E-state index in [-0.39, 0.29) is 12.6 Å². The molecule has 0 aliphatic carbocycles. The Morgan fingerprint density at radius 2 is 1.79 bits per heavy atom. The molecule has 1 aliphatic heterocycles. The minimum absolute atomic E-state index is 0.168. The highest BCUT2D eigenvalue weighted by atomic mass is 32.2. The predicted molar refractivity (Wildman–Crippen MR) is 131 cm³/mol. The lowest BCUT2D eigenvalue weighted by molar-refractivity contribution is -0.0644. The van der Waals surface area contributed by atoms with E-state index in [0.29, 0.717) is 19.4 Å². The molecule has 8 heteroatoms. The fourth-order valence-electron chi connectivity index (χ4n) is 4.39.